The third-order valence-electron chi connectivity index (χ3n) is 4.29. The SMILES string of the molecule is COc1ccc([C@H]2OC(C)(C)C(=O)C2Sc2ccccc2)cc1OC. The van der Waals surface area contributed by atoms with Crippen LogP contribution >= 0.6 is 11.8 Å². The van der Waals surface area contributed by atoms with Crippen molar-refractivity contribution >= 4 is 17.5 Å². The van der Waals surface area contributed by atoms with Crippen LogP contribution in [0.25, 0.3) is 0 Å². The van der Waals surface area contributed by atoms with Gasteiger partial charge in [0.2, 0.25) is 0 Å². The Kier molecular flexibility index (Phi) is 5.06. The van der Waals surface area contributed by atoms with Crippen molar-refractivity contribution in [3.05, 3.63) is 54.1 Å². The molecule has 2 atom stereocenters. The normalized spacial score (nSPS) is 22.0. The number of methoxy groups -OCH3 is 2. The summed E-state index contributed by atoms with van der Waals surface area (Å²) in [6.45, 7) is 3.66. The lowest BCUT2D eigenvalue weighted by atomic mass is 10.00. The van der Waals surface area contributed by atoms with E-state index in [0.29, 0.717) is 11.5 Å². The topological polar surface area (TPSA) is 44.8 Å². The molecule has 132 valence electrons. The lowest BCUT2D eigenvalue weighted by Gasteiger charge is -2.20. The maximum atomic E-state index is 12.9. The number of rotatable bonds is 5. The molecule has 0 N–H and O–H groups in total. The van der Waals surface area contributed by atoms with Crippen LogP contribution in [0.5, 0.6) is 11.5 Å². The third kappa shape index (κ3) is 3.53. The highest BCUT2D eigenvalue weighted by Crippen LogP contribution is 2.46. The van der Waals surface area contributed by atoms with E-state index in [1.54, 1.807) is 26.0 Å². The van der Waals surface area contributed by atoms with Crippen molar-refractivity contribution in [2.24, 2.45) is 0 Å². The predicted molar refractivity (Wildman–Crippen MR) is 98.5 cm³/mol. The molecule has 0 saturated carbocycles. The second-order valence-corrected chi connectivity index (χ2v) is 7.59. The Hall–Kier alpha value is -1.98. The molecule has 0 radical (unpaired) electrons. The largest absolute Gasteiger partial charge is 0.493 e. The van der Waals surface area contributed by atoms with Gasteiger partial charge in [-0.15, -0.1) is 11.8 Å². The first-order chi connectivity index (χ1) is 12.0. The summed E-state index contributed by atoms with van der Waals surface area (Å²) in [5.74, 6) is 1.38. The number of Topliss-reactive ketones (excluding diaryl/α,β-unsaturated/α-hetero) is 1. The van der Waals surface area contributed by atoms with Gasteiger partial charge in [0.1, 0.15) is 17.0 Å². The first-order valence-electron chi connectivity index (χ1n) is 8.12. The summed E-state index contributed by atoms with van der Waals surface area (Å²) < 4.78 is 16.8. The van der Waals surface area contributed by atoms with Gasteiger partial charge in [0, 0.05) is 4.90 Å². The Morgan fingerprint density at radius 3 is 2.32 bits per heavy atom. The highest BCUT2D eigenvalue weighted by molar-refractivity contribution is 8.00. The van der Waals surface area contributed by atoms with Crippen LogP contribution in [0.1, 0.15) is 25.5 Å². The van der Waals surface area contributed by atoms with Crippen molar-refractivity contribution in [1.29, 1.82) is 0 Å². The molecule has 1 unspecified atom stereocenters. The van der Waals surface area contributed by atoms with Crippen LogP contribution in [0.4, 0.5) is 0 Å². The average Bonchev–Trinajstić information content (AvgIpc) is 2.85. The van der Waals surface area contributed by atoms with Gasteiger partial charge in [0.15, 0.2) is 17.3 Å². The molecule has 2 aromatic rings. The van der Waals surface area contributed by atoms with Crippen LogP contribution in [-0.4, -0.2) is 30.9 Å². The molecule has 0 spiro atoms. The van der Waals surface area contributed by atoms with Gasteiger partial charge < -0.3 is 14.2 Å². The molecule has 1 heterocycles. The fraction of sp³-hybridized carbons (Fsp3) is 0.350. The number of benzene rings is 2. The Balaban J connectivity index is 1.96. The number of hydrogen-bond acceptors (Lipinski definition) is 5. The number of thioether (sulfide) groups is 1. The first-order valence-corrected chi connectivity index (χ1v) is 9.00. The second-order valence-electron chi connectivity index (χ2n) is 6.38. The predicted octanol–water partition coefficient (Wildman–Crippen LogP) is 4.28. The molecular formula is C20H22O4S. The quantitative estimate of drug-likeness (QED) is 0.798. The minimum Gasteiger partial charge on any atom is -0.493 e. The molecule has 1 saturated heterocycles. The van der Waals surface area contributed by atoms with Crippen molar-refractivity contribution in [2.45, 2.75) is 35.7 Å². The maximum Gasteiger partial charge on any atom is 0.180 e. The molecule has 0 aliphatic carbocycles. The van der Waals surface area contributed by atoms with E-state index in [2.05, 4.69) is 0 Å². The van der Waals surface area contributed by atoms with Gasteiger partial charge in [-0.2, -0.15) is 0 Å². The van der Waals surface area contributed by atoms with Crippen molar-refractivity contribution < 1.29 is 19.0 Å². The Labute approximate surface area is 152 Å². The van der Waals surface area contributed by atoms with E-state index in [-0.39, 0.29) is 17.1 Å². The van der Waals surface area contributed by atoms with Crippen molar-refractivity contribution in [3.63, 3.8) is 0 Å². The van der Waals surface area contributed by atoms with Crippen molar-refractivity contribution in [3.8, 4) is 11.5 Å². The molecular weight excluding hydrogens is 336 g/mol. The van der Waals surface area contributed by atoms with Crippen LogP contribution in [0.2, 0.25) is 0 Å². The first kappa shape index (κ1) is 17.8. The molecule has 3 rings (SSSR count). The monoisotopic (exact) mass is 358 g/mol. The van der Waals surface area contributed by atoms with E-state index in [4.69, 9.17) is 14.2 Å². The van der Waals surface area contributed by atoms with Gasteiger partial charge >= 0.3 is 0 Å². The van der Waals surface area contributed by atoms with Gasteiger partial charge in [-0.25, -0.2) is 0 Å². The number of ketones is 1. The standard InChI is InChI=1S/C20H22O4S/c1-20(2)19(21)18(25-14-8-6-5-7-9-14)17(24-20)13-10-11-15(22-3)16(12-13)23-4/h5-12,17-18H,1-4H3/t17-,18?/m1/s1. The molecule has 5 heteroatoms. The average molecular weight is 358 g/mol. The van der Waals surface area contributed by atoms with Crippen molar-refractivity contribution in [1.82, 2.24) is 0 Å². The second kappa shape index (κ2) is 7.10. The third-order valence-corrected chi connectivity index (χ3v) is 5.55. The van der Waals surface area contributed by atoms with Crippen LogP contribution < -0.4 is 9.47 Å². The van der Waals surface area contributed by atoms with E-state index in [1.165, 1.54) is 0 Å². The van der Waals surface area contributed by atoms with Crippen molar-refractivity contribution in [2.75, 3.05) is 14.2 Å². The van der Waals surface area contributed by atoms with Gasteiger partial charge in [0.25, 0.3) is 0 Å². The zero-order valence-corrected chi connectivity index (χ0v) is 15.6. The Morgan fingerprint density at radius 1 is 1.00 bits per heavy atom. The summed E-state index contributed by atoms with van der Waals surface area (Å²) in [5.41, 5.74) is 0.0922. The van der Waals surface area contributed by atoms with Gasteiger partial charge in [-0.1, -0.05) is 24.3 Å². The van der Waals surface area contributed by atoms with Crippen LogP contribution in [0.3, 0.4) is 0 Å². The Morgan fingerprint density at radius 2 is 1.68 bits per heavy atom. The molecule has 25 heavy (non-hydrogen) atoms. The highest BCUT2D eigenvalue weighted by Gasteiger charge is 2.49. The number of hydrogen-bond donors (Lipinski definition) is 0. The van der Waals surface area contributed by atoms with E-state index in [1.807, 2.05) is 62.4 Å². The maximum absolute atomic E-state index is 12.9. The molecule has 0 bridgehead atoms. The van der Waals surface area contributed by atoms with E-state index in [0.717, 1.165) is 10.5 Å². The summed E-state index contributed by atoms with van der Waals surface area (Å²) in [6.07, 6.45) is -0.340. The van der Waals surface area contributed by atoms with E-state index < -0.39 is 5.60 Å². The fourth-order valence-corrected chi connectivity index (χ4v) is 4.29. The van der Waals surface area contributed by atoms with Crippen LogP contribution in [0.15, 0.2) is 53.4 Å². The number of carbonyl (C=O) groups is 1. The molecule has 2 aromatic carbocycles. The zero-order valence-electron chi connectivity index (χ0n) is 14.8. The summed E-state index contributed by atoms with van der Waals surface area (Å²) in [5, 5.41) is -0.310. The molecule has 0 amide bonds. The van der Waals surface area contributed by atoms with Gasteiger partial charge in [0.05, 0.1) is 14.2 Å². The van der Waals surface area contributed by atoms with E-state index >= 15 is 0 Å². The fourth-order valence-electron chi connectivity index (χ4n) is 2.95. The molecule has 0 aromatic heterocycles. The minimum absolute atomic E-state index is 0.0983. The van der Waals surface area contributed by atoms with E-state index in [9.17, 15) is 4.79 Å². The summed E-state index contributed by atoms with van der Waals surface area (Å²) in [7, 11) is 3.20. The molecule has 1 aliphatic heterocycles. The summed E-state index contributed by atoms with van der Waals surface area (Å²) in [6, 6.07) is 15.6. The Bertz CT molecular complexity index is 758. The number of carbonyl (C=O) groups excluding carboxylic acids is 1. The summed E-state index contributed by atoms with van der Waals surface area (Å²) in [4.78, 5) is 13.9. The molecule has 4 nitrogen and oxygen atoms in total. The summed E-state index contributed by atoms with van der Waals surface area (Å²) >= 11 is 1.54. The lowest BCUT2D eigenvalue weighted by Crippen LogP contribution is -2.30. The van der Waals surface area contributed by atoms with Crippen LogP contribution in [-0.2, 0) is 9.53 Å². The molecule has 1 aliphatic rings. The zero-order chi connectivity index (χ0) is 18.0. The smallest absolute Gasteiger partial charge is 0.180 e. The minimum atomic E-state index is -0.815. The number of ether oxygens (including phenoxy) is 3. The van der Waals surface area contributed by atoms with Gasteiger partial charge in [-0.05, 0) is 43.7 Å². The highest BCUT2D eigenvalue weighted by atomic mass is 32.2. The lowest BCUT2D eigenvalue weighted by molar-refractivity contribution is -0.129. The van der Waals surface area contributed by atoms with Crippen LogP contribution in [0, 0.1) is 0 Å². The molecule has 1 fully saturated rings. The van der Waals surface area contributed by atoms with Gasteiger partial charge in [-0.3, -0.25) is 4.79 Å².